The molecule has 0 saturated carbocycles. The minimum absolute atomic E-state index is 0.0208. The molecule has 27 heavy (non-hydrogen) atoms. The Morgan fingerprint density at radius 1 is 1.37 bits per heavy atom. The summed E-state index contributed by atoms with van der Waals surface area (Å²) in [6, 6.07) is 4.44. The van der Waals surface area contributed by atoms with Gasteiger partial charge in [0, 0.05) is 48.8 Å². The maximum Gasteiger partial charge on any atom is 0.261 e. The van der Waals surface area contributed by atoms with Crippen LogP contribution in [0.3, 0.4) is 0 Å². The van der Waals surface area contributed by atoms with Crippen molar-refractivity contribution < 1.29 is 4.79 Å². The lowest BCUT2D eigenvalue weighted by Crippen LogP contribution is -2.24. The summed E-state index contributed by atoms with van der Waals surface area (Å²) in [5.74, 6) is 1.02. The van der Waals surface area contributed by atoms with Crippen LogP contribution in [0.1, 0.15) is 45.7 Å². The summed E-state index contributed by atoms with van der Waals surface area (Å²) in [4.78, 5) is 28.5. The van der Waals surface area contributed by atoms with Gasteiger partial charge in [0.25, 0.3) is 5.91 Å². The highest BCUT2D eigenvalue weighted by atomic mass is 32.1. The summed E-state index contributed by atoms with van der Waals surface area (Å²) < 4.78 is 2.02. The second kappa shape index (κ2) is 8.49. The fraction of sp³-hybridized carbons (Fsp3) is 0.421. The summed E-state index contributed by atoms with van der Waals surface area (Å²) in [6.45, 7) is 3.42. The molecule has 0 unspecified atom stereocenters. The van der Waals surface area contributed by atoms with Crippen molar-refractivity contribution in [2.75, 3.05) is 13.1 Å². The number of aromatic amines is 1. The molecule has 0 bridgehead atoms. The van der Waals surface area contributed by atoms with Crippen LogP contribution in [0.25, 0.3) is 0 Å². The van der Waals surface area contributed by atoms with Gasteiger partial charge in [-0.25, -0.2) is 9.97 Å². The molecule has 0 aliphatic carbocycles. The summed E-state index contributed by atoms with van der Waals surface area (Å²) in [5, 5.41) is 3.02. The first-order chi connectivity index (χ1) is 13.3. The number of carbonyl (C=O) groups excluding carboxylic acids is 1. The number of rotatable bonds is 8. The van der Waals surface area contributed by atoms with Crippen molar-refractivity contribution in [1.82, 2.24) is 29.7 Å². The number of thiophene rings is 1. The van der Waals surface area contributed by atoms with Crippen molar-refractivity contribution >= 4 is 17.2 Å². The summed E-state index contributed by atoms with van der Waals surface area (Å²) in [5.41, 5.74) is 0. The average molecular weight is 385 g/mol. The largest absolute Gasteiger partial charge is 0.351 e. The molecule has 4 heterocycles. The first-order valence-electron chi connectivity index (χ1n) is 9.35. The second-order valence-electron chi connectivity index (χ2n) is 6.78. The summed E-state index contributed by atoms with van der Waals surface area (Å²) in [7, 11) is 0. The fourth-order valence-corrected chi connectivity index (χ4v) is 4.63. The quantitative estimate of drug-likeness (QED) is 0.586. The third kappa shape index (κ3) is 4.45. The molecule has 1 amide bonds. The lowest BCUT2D eigenvalue weighted by molar-refractivity contribution is 0.0957. The summed E-state index contributed by atoms with van der Waals surface area (Å²) in [6.07, 6.45) is 12.4. The maximum absolute atomic E-state index is 12.4. The first-order valence-corrected chi connectivity index (χ1v) is 10.2. The normalized spacial score (nSPS) is 17.4. The zero-order chi connectivity index (χ0) is 18.5. The van der Waals surface area contributed by atoms with E-state index in [0.29, 0.717) is 12.6 Å². The molecule has 2 N–H and O–H groups in total. The molecule has 1 aliphatic heterocycles. The lowest BCUT2D eigenvalue weighted by atomic mass is 10.2. The molecule has 4 rings (SSSR count). The number of nitrogens with one attached hydrogen (secondary N) is 2. The highest BCUT2D eigenvalue weighted by molar-refractivity contribution is 7.14. The molecule has 0 radical (unpaired) electrons. The standard InChI is InChI=1S/C19H24N6OS/c26-19(23-6-2-10-24-12-9-20-14-24)17-5-4-16(27-17)15-3-1-11-25(15)13-18-21-7-8-22-18/h4-5,7-9,12,14-15H,1-3,6,10-11,13H2,(H,21,22)(H,23,26)/t15-/m0/s1. The van der Waals surface area contributed by atoms with E-state index in [-0.39, 0.29) is 5.91 Å². The number of carbonyl (C=O) groups is 1. The molecule has 142 valence electrons. The maximum atomic E-state index is 12.4. The Morgan fingerprint density at radius 3 is 3.15 bits per heavy atom. The van der Waals surface area contributed by atoms with Crippen LogP contribution < -0.4 is 5.32 Å². The van der Waals surface area contributed by atoms with E-state index in [1.807, 2.05) is 23.0 Å². The van der Waals surface area contributed by atoms with Crippen LogP contribution in [0, 0.1) is 0 Å². The van der Waals surface area contributed by atoms with E-state index < -0.39 is 0 Å². The van der Waals surface area contributed by atoms with Crippen LogP contribution in [0.4, 0.5) is 0 Å². The topological polar surface area (TPSA) is 78.8 Å². The van der Waals surface area contributed by atoms with Crippen molar-refractivity contribution in [3.8, 4) is 0 Å². The number of amides is 1. The van der Waals surface area contributed by atoms with E-state index in [1.165, 1.54) is 11.3 Å². The van der Waals surface area contributed by atoms with Gasteiger partial charge in [-0.3, -0.25) is 9.69 Å². The number of likely N-dealkylation sites (tertiary alicyclic amines) is 1. The van der Waals surface area contributed by atoms with Gasteiger partial charge in [0.05, 0.1) is 17.7 Å². The zero-order valence-electron chi connectivity index (χ0n) is 15.2. The van der Waals surface area contributed by atoms with Gasteiger partial charge in [-0.2, -0.15) is 0 Å². The third-order valence-electron chi connectivity index (χ3n) is 4.89. The second-order valence-corrected chi connectivity index (χ2v) is 7.89. The highest BCUT2D eigenvalue weighted by Gasteiger charge is 2.28. The molecular formula is C19H24N6OS. The van der Waals surface area contributed by atoms with Crippen molar-refractivity contribution in [2.24, 2.45) is 0 Å². The Balaban J connectivity index is 1.30. The van der Waals surface area contributed by atoms with Crippen LogP contribution in [-0.2, 0) is 13.1 Å². The van der Waals surface area contributed by atoms with Crippen LogP contribution in [-0.4, -0.2) is 43.4 Å². The lowest BCUT2D eigenvalue weighted by Gasteiger charge is -2.22. The molecule has 0 aromatic carbocycles. The predicted molar refractivity (Wildman–Crippen MR) is 104 cm³/mol. The molecule has 1 atom stereocenters. The van der Waals surface area contributed by atoms with Gasteiger partial charge < -0.3 is 14.9 Å². The predicted octanol–water partition coefficient (Wildman–Crippen LogP) is 2.82. The number of nitrogens with zero attached hydrogens (tertiary/aromatic N) is 4. The van der Waals surface area contributed by atoms with Crippen LogP contribution in [0.2, 0.25) is 0 Å². The van der Waals surface area contributed by atoms with Gasteiger partial charge in [-0.15, -0.1) is 11.3 Å². The van der Waals surface area contributed by atoms with Crippen LogP contribution >= 0.6 is 11.3 Å². The Kier molecular flexibility index (Phi) is 5.64. The number of hydrogen-bond acceptors (Lipinski definition) is 5. The third-order valence-corrected chi connectivity index (χ3v) is 6.07. The van der Waals surface area contributed by atoms with Gasteiger partial charge in [-0.05, 0) is 37.9 Å². The zero-order valence-corrected chi connectivity index (χ0v) is 16.0. The SMILES string of the molecule is O=C(NCCCn1ccnc1)c1ccc([C@@H]2CCCN2Cc2ncc[nH]2)s1. The number of aryl methyl sites for hydroxylation is 1. The Bertz CT molecular complexity index is 842. The smallest absolute Gasteiger partial charge is 0.261 e. The molecule has 0 spiro atoms. The van der Waals surface area contributed by atoms with Crippen LogP contribution in [0.15, 0.2) is 43.2 Å². The van der Waals surface area contributed by atoms with E-state index in [2.05, 4.69) is 31.2 Å². The monoisotopic (exact) mass is 384 g/mol. The van der Waals surface area contributed by atoms with Gasteiger partial charge in [-0.1, -0.05) is 0 Å². The molecule has 1 saturated heterocycles. The van der Waals surface area contributed by atoms with Crippen molar-refractivity contribution in [3.63, 3.8) is 0 Å². The number of imidazole rings is 2. The molecule has 3 aromatic rings. The van der Waals surface area contributed by atoms with E-state index >= 15 is 0 Å². The molecule has 3 aromatic heterocycles. The van der Waals surface area contributed by atoms with Gasteiger partial charge >= 0.3 is 0 Å². The molecule has 1 aliphatic rings. The number of hydrogen-bond donors (Lipinski definition) is 2. The molecule has 7 nitrogen and oxygen atoms in total. The first kappa shape index (κ1) is 17.9. The molecule has 1 fully saturated rings. The highest BCUT2D eigenvalue weighted by Crippen LogP contribution is 2.36. The number of aromatic nitrogens is 4. The minimum atomic E-state index is 0.0208. The van der Waals surface area contributed by atoms with Gasteiger partial charge in [0.1, 0.15) is 5.82 Å². The van der Waals surface area contributed by atoms with E-state index in [0.717, 1.165) is 43.2 Å². The molecular weight excluding hydrogens is 360 g/mol. The van der Waals surface area contributed by atoms with Gasteiger partial charge in [0.15, 0.2) is 0 Å². The number of H-pyrrole nitrogens is 1. The van der Waals surface area contributed by atoms with E-state index in [4.69, 9.17) is 0 Å². The van der Waals surface area contributed by atoms with Crippen molar-refractivity contribution in [3.05, 3.63) is 58.8 Å². The van der Waals surface area contributed by atoms with Crippen molar-refractivity contribution in [2.45, 2.75) is 38.4 Å². The van der Waals surface area contributed by atoms with Crippen LogP contribution in [0.5, 0.6) is 0 Å². The Labute approximate surface area is 162 Å². The average Bonchev–Trinajstić information content (AvgIpc) is 3.47. The summed E-state index contributed by atoms with van der Waals surface area (Å²) >= 11 is 1.61. The fourth-order valence-electron chi connectivity index (χ4n) is 3.54. The van der Waals surface area contributed by atoms with E-state index in [1.54, 1.807) is 30.1 Å². The van der Waals surface area contributed by atoms with Crippen molar-refractivity contribution in [1.29, 1.82) is 0 Å². The Hall–Kier alpha value is -2.45. The molecule has 8 heteroatoms. The van der Waals surface area contributed by atoms with Gasteiger partial charge in [0.2, 0.25) is 0 Å². The minimum Gasteiger partial charge on any atom is -0.351 e. The Morgan fingerprint density at radius 2 is 2.33 bits per heavy atom. The van der Waals surface area contributed by atoms with E-state index in [9.17, 15) is 4.79 Å².